The zero-order chi connectivity index (χ0) is 25.0. The number of nitrogens with one attached hydrogen (secondary N) is 3. The molecule has 1 saturated heterocycles. The third-order valence-electron chi connectivity index (χ3n) is 5.96. The van der Waals surface area contributed by atoms with Crippen LogP contribution in [0.5, 0.6) is 0 Å². The molecule has 0 unspecified atom stereocenters. The second-order valence-corrected chi connectivity index (χ2v) is 8.51. The molecule has 0 bridgehead atoms. The molecule has 2 aromatic heterocycles. The number of rotatable bonds is 6. The summed E-state index contributed by atoms with van der Waals surface area (Å²) in [5.74, 6) is 0.551. The minimum atomic E-state index is -4.39. The van der Waals surface area contributed by atoms with Crippen LogP contribution in [0.25, 0.3) is 11.3 Å². The SMILES string of the molecule is CCNC(=O)Nc1ccc(-c2[nH]ncc2CN2CCN(c3ccc(C(F)(F)F)cn3)[C@H](C)C2)cc1. The van der Waals surface area contributed by atoms with Crippen LogP contribution in [0, 0.1) is 0 Å². The predicted octanol–water partition coefficient (Wildman–Crippen LogP) is 4.34. The number of hydrogen-bond acceptors (Lipinski definition) is 5. The van der Waals surface area contributed by atoms with Crippen LogP contribution in [-0.2, 0) is 12.7 Å². The van der Waals surface area contributed by atoms with Gasteiger partial charge in [-0.1, -0.05) is 12.1 Å². The fourth-order valence-electron chi connectivity index (χ4n) is 4.22. The van der Waals surface area contributed by atoms with E-state index in [1.807, 2.05) is 49.2 Å². The van der Waals surface area contributed by atoms with Crippen molar-refractivity contribution in [2.75, 3.05) is 36.4 Å². The number of carbonyl (C=O) groups is 1. The Balaban J connectivity index is 1.38. The number of pyridine rings is 1. The molecule has 2 amide bonds. The summed E-state index contributed by atoms with van der Waals surface area (Å²) in [6.07, 6.45) is -1.69. The lowest BCUT2D eigenvalue weighted by molar-refractivity contribution is -0.137. The summed E-state index contributed by atoms with van der Waals surface area (Å²) in [5, 5.41) is 12.8. The Morgan fingerprint density at radius 1 is 1.14 bits per heavy atom. The topological polar surface area (TPSA) is 89.2 Å². The van der Waals surface area contributed by atoms with E-state index < -0.39 is 11.7 Å². The molecule has 35 heavy (non-hydrogen) atoms. The van der Waals surface area contributed by atoms with E-state index in [0.717, 1.165) is 42.2 Å². The molecule has 3 heterocycles. The van der Waals surface area contributed by atoms with Crippen molar-refractivity contribution in [2.24, 2.45) is 0 Å². The highest BCUT2D eigenvalue weighted by atomic mass is 19.4. The van der Waals surface area contributed by atoms with E-state index >= 15 is 0 Å². The van der Waals surface area contributed by atoms with E-state index in [9.17, 15) is 18.0 Å². The molecule has 3 N–H and O–H groups in total. The number of alkyl halides is 3. The first-order valence-corrected chi connectivity index (χ1v) is 11.4. The molecule has 0 saturated carbocycles. The summed E-state index contributed by atoms with van der Waals surface area (Å²) < 4.78 is 38.5. The first-order chi connectivity index (χ1) is 16.7. The summed E-state index contributed by atoms with van der Waals surface area (Å²) in [5.41, 5.74) is 2.87. The van der Waals surface area contributed by atoms with Crippen molar-refractivity contribution in [3.8, 4) is 11.3 Å². The van der Waals surface area contributed by atoms with E-state index in [2.05, 4.69) is 30.7 Å². The maximum Gasteiger partial charge on any atom is 0.417 e. The van der Waals surface area contributed by atoms with Crippen LogP contribution in [0.2, 0.25) is 0 Å². The number of piperazine rings is 1. The van der Waals surface area contributed by atoms with Gasteiger partial charge in [0.1, 0.15) is 5.82 Å². The number of amides is 2. The zero-order valence-corrected chi connectivity index (χ0v) is 19.6. The Hall–Kier alpha value is -3.60. The van der Waals surface area contributed by atoms with Gasteiger partial charge in [-0.05, 0) is 38.1 Å². The largest absolute Gasteiger partial charge is 0.417 e. The van der Waals surface area contributed by atoms with Gasteiger partial charge in [-0.25, -0.2) is 9.78 Å². The van der Waals surface area contributed by atoms with Crippen LogP contribution >= 0.6 is 0 Å². The Labute approximate surface area is 201 Å². The van der Waals surface area contributed by atoms with E-state index in [4.69, 9.17) is 0 Å². The van der Waals surface area contributed by atoms with E-state index in [1.165, 1.54) is 6.07 Å². The number of urea groups is 1. The molecule has 8 nitrogen and oxygen atoms in total. The summed E-state index contributed by atoms with van der Waals surface area (Å²) in [4.78, 5) is 20.1. The highest BCUT2D eigenvalue weighted by Gasteiger charge is 2.32. The van der Waals surface area contributed by atoms with E-state index in [0.29, 0.717) is 31.1 Å². The smallest absolute Gasteiger partial charge is 0.351 e. The number of carbonyl (C=O) groups excluding carboxylic acids is 1. The maximum absolute atomic E-state index is 12.8. The van der Waals surface area contributed by atoms with Crippen LogP contribution in [0.15, 0.2) is 48.8 Å². The Bertz CT molecular complexity index is 1130. The summed E-state index contributed by atoms with van der Waals surface area (Å²) >= 11 is 0. The first-order valence-electron chi connectivity index (χ1n) is 11.4. The third kappa shape index (κ3) is 5.91. The number of aromatic nitrogens is 3. The van der Waals surface area contributed by atoms with Crippen LogP contribution in [0.3, 0.4) is 0 Å². The molecule has 0 aliphatic carbocycles. The molecular formula is C24H28F3N7O. The minimum absolute atomic E-state index is 0.0861. The second-order valence-electron chi connectivity index (χ2n) is 8.51. The van der Waals surface area contributed by atoms with Crippen molar-refractivity contribution in [1.29, 1.82) is 0 Å². The van der Waals surface area contributed by atoms with Gasteiger partial charge in [0.05, 0.1) is 17.5 Å². The molecule has 1 atom stereocenters. The lowest BCUT2D eigenvalue weighted by Crippen LogP contribution is -2.51. The molecule has 0 spiro atoms. The predicted molar refractivity (Wildman–Crippen MR) is 128 cm³/mol. The average molecular weight is 488 g/mol. The Morgan fingerprint density at radius 2 is 1.91 bits per heavy atom. The zero-order valence-electron chi connectivity index (χ0n) is 19.6. The molecule has 1 aliphatic heterocycles. The highest BCUT2D eigenvalue weighted by molar-refractivity contribution is 5.89. The maximum atomic E-state index is 12.8. The van der Waals surface area contributed by atoms with E-state index in [1.54, 1.807) is 0 Å². The van der Waals surface area contributed by atoms with Crippen LogP contribution in [-0.4, -0.2) is 58.3 Å². The van der Waals surface area contributed by atoms with Gasteiger partial charge in [-0.15, -0.1) is 0 Å². The van der Waals surface area contributed by atoms with Crippen molar-refractivity contribution >= 4 is 17.5 Å². The monoisotopic (exact) mass is 487 g/mol. The van der Waals surface area contributed by atoms with Gasteiger partial charge in [0.15, 0.2) is 0 Å². The molecule has 11 heteroatoms. The number of aromatic amines is 1. The van der Waals surface area contributed by atoms with Crippen LogP contribution < -0.4 is 15.5 Å². The Kier molecular flexibility index (Phi) is 7.25. The molecule has 3 aromatic rings. The second kappa shape index (κ2) is 10.3. The molecule has 4 rings (SSSR count). The van der Waals surface area contributed by atoms with Gasteiger partial charge in [-0.3, -0.25) is 10.00 Å². The molecule has 1 fully saturated rings. The van der Waals surface area contributed by atoms with Gasteiger partial charge < -0.3 is 15.5 Å². The lowest BCUT2D eigenvalue weighted by atomic mass is 10.1. The standard InChI is InChI=1S/C24H28F3N7O/c1-3-28-23(35)31-20-7-4-17(5-8-20)22-18(12-30-32-22)15-33-10-11-34(16(2)14-33)21-9-6-19(13-29-21)24(25,26)27/h4-9,12-13,16H,3,10-11,14-15H2,1-2H3,(H,30,32)(H2,28,31,35)/t16-/m1/s1. The normalized spacial score (nSPS) is 16.8. The van der Waals surface area contributed by atoms with Crippen molar-refractivity contribution < 1.29 is 18.0 Å². The fraction of sp³-hybridized carbons (Fsp3) is 0.375. The van der Waals surface area contributed by atoms with Gasteiger partial charge in [0.2, 0.25) is 0 Å². The lowest BCUT2D eigenvalue weighted by Gasteiger charge is -2.40. The number of hydrogen-bond donors (Lipinski definition) is 3. The number of anilines is 2. The summed E-state index contributed by atoms with van der Waals surface area (Å²) in [7, 11) is 0. The van der Waals surface area contributed by atoms with Gasteiger partial charge in [0.25, 0.3) is 0 Å². The van der Waals surface area contributed by atoms with Gasteiger partial charge >= 0.3 is 12.2 Å². The summed E-state index contributed by atoms with van der Waals surface area (Å²) in [6, 6.07) is 9.89. The van der Waals surface area contributed by atoms with Crippen molar-refractivity contribution in [3.63, 3.8) is 0 Å². The first kappa shape index (κ1) is 24.5. The Morgan fingerprint density at radius 3 is 2.54 bits per heavy atom. The highest BCUT2D eigenvalue weighted by Crippen LogP contribution is 2.30. The average Bonchev–Trinajstić information content (AvgIpc) is 3.27. The number of nitrogens with zero attached hydrogens (tertiary/aromatic N) is 4. The third-order valence-corrected chi connectivity index (χ3v) is 5.96. The van der Waals surface area contributed by atoms with Crippen molar-refractivity contribution in [1.82, 2.24) is 25.4 Å². The summed E-state index contributed by atoms with van der Waals surface area (Å²) in [6.45, 7) is 7.28. The molecule has 186 valence electrons. The molecular weight excluding hydrogens is 459 g/mol. The number of H-pyrrole nitrogens is 1. The molecule has 0 radical (unpaired) electrons. The van der Waals surface area contributed by atoms with Crippen LogP contribution in [0.4, 0.5) is 29.5 Å². The minimum Gasteiger partial charge on any atom is -0.351 e. The van der Waals surface area contributed by atoms with E-state index in [-0.39, 0.29) is 12.1 Å². The van der Waals surface area contributed by atoms with Gasteiger partial charge in [-0.2, -0.15) is 18.3 Å². The van der Waals surface area contributed by atoms with Crippen LogP contribution in [0.1, 0.15) is 25.0 Å². The molecule has 1 aliphatic rings. The quantitative estimate of drug-likeness (QED) is 0.481. The van der Waals surface area contributed by atoms with Gasteiger partial charge in [0, 0.05) is 61.8 Å². The van der Waals surface area contributed by atoms with Crippen molar-refractivity contribution in [3.05, 3.63) is 59.9 Å². The number of benzene rings is 1. The van der Waals surface area contributed by atoms with Crippen molar-refractivity contribution in [2.45, 2.75) is 32.6 Å². The molecule has 1 aromatic carbocycles. The number of halogens is 3. The fourth-order valence-corrected chi connectivity index (χ4v) is 4.22.